The Morgan fingerprint density at radius 2 is 2.32 bits per heavy atom. The largest absolute Gasteiger partial charge is 0.442 e. The minimum absolute atomic E-state index is 0.205. The molecular formula is C16H16ClN3O3S2. The molecule has 2 aromatic heterocycles. The molecule has 1 atom stereocenters. The first kappa shape index (κ1) is 16.8. The quantitative estimate of drug-likeness (QED) is 0.832. The van der Waals surface area contributed by atoms with Crippen LogP contribution in [0.25, 0.3) is 0 Å². The van der Waals surface area contributed by atoms with E-state index in [9.17, 15) is 9.59 Å². The minimum Gasteiger partial charge on any atom is -0.442 e. The van der Waals surface area contributed by atoms with Crippen molar-refractivity contribution in [3.05, 3.63) is 37.9 Å². The van der Waals surface area contributed by atoms with Gasteiger partial charge in [-0.2, -0.15) is 0 Å². The summed E-state index contributed by atoms with van der Waals surface area (Å²) in [7, 11) is 0. The number of amides is 2. The van der Waals surface area contributed by atoms with E-state index in [2.05, 4.69) is 16.7 Å². The summed E-state index contributed by atoms with van der Waals surface area (Å²) < 4.78 is 5.96. The topological polar surface area (TPSA) is 70.7 Å². The van der Waals surface area contributed by atoms with Gasteiger partial charge in [-0.25, -0.2) is 4.79 Å². The van der Waals surface area contributed by atoms with Gasteiger partial charge >= 0.3 is 6.09 Å². The number of hydrogen-bond donors (Lipinski definition) is 2. The Balaban J connectivity index is 1.37. The molecule has 6 nitrogen and oxygen atoms in total. The molecule has 0 aliphatic carbocycles. The number of anilines is 1. The lowest BCUT2D eigenvalue weighted by Gasteiger charge is -2.10. The van der Waals surface area contributed by atoms with Gasteiger partial charge in [0, 0.05) is 18.0 Å². The number of cyclic esters (lactones) is 1. The van der Waals surface area contributed by atoms with Gasteiger partial charge in [0.2, 0.25) is 0 Å². The van der Waals surface area contributed by atoms with Crippen LogP contribution in [-0.4, -0.2) is 37.7 Å². The number of carbonyl (C=O) groups is 2. The summed E-state index contributed by atoms with van der Waals surface area (Å²) in [6.45, 7) is 2.54. The van der Waals surface area contributed by atoms with Crippen LogP contribution in [0.4, 0.5) is 9.80 Å². The monoisotopic (exact) mass is 397 g/mol. The van der Waals surface area contributed by atoms with E-state index in [1.165, 1.54) is 21.8 Å². The third-order valence-electron chi connectivity index (χ3n) is 4.16. The fourth-order valence-corrected chi connectivity index (χ4v) is 5.05. The fraction of sp³-hybridized carbons (Fsp3) is 0.375. The van der Waals surface area contributed by atoms with Crippen molar-refractivity contribution in [3.63, 3.8) is 0 Å². The van der Waals surface area contributed by atoms with Crippen LogP contribution < -0.4 is 15.5 Å². The normalized spacial score (nSPS) is 19.6. The van der Waals surface area contributed by atoms with E-state index in [4.69, 9.17) is 16.3 Å². The van der Waals surface area contributed by atoms with E-state index in [1.807, 2.05) is 0 Å². The van der Waals surface area contributed by atoms with Gasteiger partial charge in [-0.3, -0.25) is 9.69 Å². The number of nitrogens with zero attached hydrogens (tertiary/aromatic N) is 1. The maximum Gasteiger partial charge on any atom is 0.415 e. The van der Waals surface area contributed by atoms with E-state index in [0.717, 1.165) is 24.5 Å². The first-order chi connectivity index (χ1) is 12.1. The number of ether oxygens (including phenoxy) is 1. The lowest BCUT2D eigenvalue weighted by molar-refractivity contribution is 0.0920. The molecule has 4 heterocycles. The van der Waals surface area contributed by atoms with Crippen molar-refractivity contribution in [2.45, 2.75) is 19.1 Å². The highest BCUT2D eigenvalue weighted by molar-refractivity contribution is 7.18. The zero-order valence-corrected chi connectivity index (χ0v) is 15.6. The Hall–Kier alpha value is -1.61. The van der Waals surface area contributed by atoms with Gasteiger partial charge in [0.1, 0.15) is 11.1 Å². The van der Waals surface area contributed by atoms with E-state index in [0.29, 0.717) is 15.8 Å². The third-order valence-corrected chi connectivity index (χ3v) is 6.65. The van der Waals surface area contributed by atoms with Crippen molar-refractivity contribution >= 4 is 51.3 Å². The average Bonchev–Trinajstić information content (AvgIpc) is 3.30. The van der Waals surface area contributed by atoms with E-state index < -0.39 is 0 Å². The molecule has 2 aromatic rings. The minimum atomic E-state index is -0.357. The van der Waals surface area contributed by atoms with Crippen LogP contribution in [0.15, 0.2) is 18.2 Å². The molecule has 0 radical (unpaired) electrons. The summed E-state index contributed by atoms with van der Waals surface area (Å²) in [5, 5.41) is 7.04. The number of carbonyl (C=O) groups excluding carboxylic acids is 2. The molecule has 0 bridgehead atoms. The highest BCUT2D eigenvalue weighted by atomic mass is 35.5. The summed E-state index contributed by atoms with van der Waals surface area (Å²) in [4.78, 5) is 27.8. The van der Waals surface area contributed by atoms with Crippen LogP contribution in [0, 0.1) is 0 Å². The third kappa shape index (κ3) is 3.52. The van der Waals surface area contributed by atoms with E-state index >= 15 is 0 Å². The van der Waals surface area contributed by atoms with Gasteiger partial charge in [-0.15, -0.1) is 22.7 Å². The number of thiophene rings is 2. The smallest absolute Gasteiger partial charge is 0.415 e. The Morgan fingerprint density at radius 1 is 1.44 bits per heavy atom. The highest BCUT2D eigenvalue weighted by Gasteiger charge is 2.34. The van der Waals surface area contributed by atoms with Crippen LogP contribution in [0.5, 0.6) is 0 Å². The molecule has 0 spiro atoms. The molecule has 2 aliphatic heterocycles. The van der Waals surface area contributed by atoms with Crippen molar-refractivity contribution in [3.8, 4) is 0 Å². The zero-order chi connectivity index (χ0) is 17.4. The molecule has 9 heteroatoms. The van der Waals surface area contributed by atoms with Crippen LogP contribution in [0.2, 0.25) is 4.34 Å². The molecule has 132 valence electrons. The first-order valence-electron chi connectivity index (χ1n) is 7.94. The molecule has 2 amide bonds. The summed E-state index contributed by atoms with van der Waals surface area (Å²) in [5.74, 6) is -0.205. The first-order valence-corrected chi connectivity index (χ1v) is 9.95. The number of halogens is 1. The molecule has 0 unspecified atom stereocenters. The maximum atomic E-state index is 12.2. The Labute approximate surface area is 157 Å². The van der Waals surface area contributed by atoms with Crippen molar-refractivity contribution in [1.29, 1.82) is 0 Å². The summed E-state index contributed by atoms with van der Waals surface area (Å²) in [6.07, 6.45) is 0.278. The molecular weight excluding hydrogens is 382 g/mol. The van der Waals surface area contributed by atoms with Crippen LogP contribution >= 0.6 is 34.3 Å². The zero-order valence-electron chi connectivity index (χ0n) is 13.2. The lowest BCUT2D eigenvalue weighted by Crippen LogP contribution is -2.34. The SMILES string of the molecule is O=C(NC[C@H]1CN(c2cc3c(s2)CCNC3)C(=O)O1)c1ccc(Cl)s1. The van der Waals surface area contributed by atoms with Crippen molar-refractivity contribution < 1.29 is 14.3 Å². The van der Waals surface area contributed by atoms with Gasteiger partial charge in [-0.1, -0.05) is 11.6 Å². The Morgan fingerprint density at radius 3 is 3.08 bits per heavy atom. The summed E-state index contributed by atoms with van der Waals surface area (Å²) in [6, 6.07) is 5.42. The molecule has 25 heavy (non-hydrogen) atoms. The Bertz CT molecular complexity index is 796. The number of rotatable bonds is 4. The molecule has 2 N–H and O–H groups in total. The highest BCUT2D eigenvalue weighted by Crippen LogP contribution is 2.34. The molecule has 1 fully saturated rings. The van der Waals surface area contributed by atoms with Crippen LogP contribution in [-0.2, 0) is 17.7 Å². The summed E-state index contributed by atoms with van der Waals surface area (Å²) in [5.41, 5.74) is 1.25. The van der Waals surface area contributed by atoms with Crippen molar-refractivity contribution in [2.24, 2.45) is 0 Å². The molecule has 0 aromatic carbocycles. The van der Waals surface area contributed by atoms with Gasteiger partial charge in [0.25, 0.3) is 5.91 Å². The standard InChI is InChI=1S/C16H16ClN3O3S2/c17-13-2-1-12(24-13)15(21)19-7-10-8-20(16(22)23-10)14-5-9-6-18-4-3-11(9)25-14/h1-2,5,10,18H,3-4,6-8H2,(H,19,21)/t10-/m0/s1. The molecule has 0 saturated carbocycles. The van der Waals surface area contributed by atoms with E-state index in [-0.39, 0.29) is 24.6 Å². The molecule has 1 saturated heterocycles. The van der Waals surface area contributed by atoms with Gasteiger partial charge in [0.15, 0.2) is 0 Å². The van der Waals surface area contributed by atoms with Crippen LogP contribution in [0.3, 0.4) is 0 Å². The second kappa shape index (κ2) is 6.95. The average molecular weight is 398 g/mol. The van der Waals surface area contributed by atoms with Gasteiger partial charge in [0.05, 0.1) is 22.3 Å². The lowest BCUT2D eigenvalue weighted by atomic mass is 10.1. The predicted octanol–water partition coefficient (Wildman–Crippen LogP) is 2.86. The van der Waals surface area contributed by atoms with Crippen molar-refractivity contribution in [1.82, 2.24) is 10.6 Å². The van der Waals surface area contributed by atoms with Crippen molar-refractivity contribution in [2.75, 3.05) is 24.5 Å². The number of fused-ring (bicyclic) bond motifs is 1. The second-order valence-corrected chi connectivity index (χ2v) is 8.72. The predicted molar refractivity (Wildman–Crippen MR) is 99.0 cm³/mol. The number of nitrogens with one attached hydrogen (secondary N) is 2. The second-order valence-electron chi connectivity index (χ2n) is 5.89. The van der Waals surface area contributed by atoms with Gasteiger partial charge in [-0.05, 0) is 30.2 Å². The van der Waals surface area contributed by atoms with E-state index in [1.54, 1.807) is 28.4 Å². The molecule has 4 rings (SSSR count). The maximum absolute atomic E-state index is 12.2. The number of hydrogen-bond acceptors (Lipinski definition) is 6. The summed E-state index contributed by atoms with van der Waals surface area (Å²) >= 11 is 8.71. The molecule has 2 aliphatic rings. The fourth-order valence-electron chi connectivity index (χ4n) is 2.91. The Kier molecular flexibility index (Phi) is 4.68. The van der Waals surface area contributed by atoms with Crippen LogP contribution in [0.1, 0.15) is 20.1 Å². The van der Waals surface area contributed by atoms with Gasteiger partial charge < -0.3 is 15.4 Å².